The lowest BCUT2D eigenvalue weighted by Crippen LogP contribution is -2.22. The first-order chi connectivity index (χ1) is 9.15. The van der Waals surface area contributed by atoms with Crippen molar-refractivity contribution < 1.29 is 19.7 Å². The Hall–Kier alpha value is -0.940. The zero-order chi connectivity index (χ0) is 14.1. The fraction of sp³-hybridized carbons (Fsp3) is 0.600. The molecule has 4 nitrogen and oxygen atoms in total. The second kappa shape index (κ2) is 9.04. The van der Waals surface area contributed by atoms with E-state index < -0.39 is 12.2 Å². The van der Waals surface area contributed by atoms with Gasteiger partial charge in [0.05, 0.1) is 32.0 Å². The van der Waals surface area contributed by atoms with Crippen molar-refractivity contribution in [1.29, 1.82) is 0 Å². The summed E-state index contributed by atoms with van der Waals surface area (Å²) in [6.07, 6.45) is -0.622. The summed E-state index contributed by atoms with van der Waals surface area (Å²) in [7, 11) is 1.61. The zero-order valence-electron chi connectivity index (χ0n) is 11.7. The second-order valence-electron chi connectivity index (χ2n) is 4.79. The smallest absolute Gasteiger partial charge is 0.0816 e. The number of hydrogen-bond donors (Lipinski definition) is 2. The fourth-order valence-corrected chi connectivity index (χ4v) is 1.97. The molecule has 0 bridgehead atoms. The van der Waals surface area contributed by atoms with Gasteiger partial charge in [-0.1, -0.05) is 37.3 Å². The Balaban J connectivity index is 2.31. The highest BCUT2D eigenvalue weighted by atomic mass is 16.5. The minimum atomic E-state index is -0.565. The zero-order valence-corrected chi connectivity index (χ0v) is 11.7. The maximum absolute atomic E-state index is 10.2. The molecule has 0 amide bonds. The number of aliphatic hydroxyl groups excluding tert-OH is 2. The molecule has 19 heavy (non-hydrogen) atoms. The lowest BCUT2D eigenvalue weighted by molar-refractivity contribution is -0.00631. The van der Waals surface area contributed by atoms with E-state index in [1.54, 1.807) is 7.11 Å². The van der Waals surface area contributed by atoms with Gasteiger partial charge >= 0.3 is 0 Å². The molecule has 1 aromatic carbocycles. The molecular weight excluding hydrogens is 244 g/mol. The van der Waals surface area contributed by atoms with Crippen LogP contribution in [0.25, 0.3) is 0 Å². The lowest BCUT2D eigenvalue weighted by atomic mass is 9.92. The molecule has 1 rings (SSSR count). The largest absolute Gasteiger partial charge is 0.391 e. The number of benzene rings is 1. The average molecular weight is 268 g/mol. The molecule has 1 aromatic rings. The third kappa shape index (κ3) is 6.16. The van der Waals surface area contributed by atoms with Crippen LogP contribution >= 0.6 is 0 Å². The van der Waals surface area contributed by atoms with Gasteiger partial charge < -0.3 is 19.7 Å². The minimum Gasteiger partial charge on any atom is -0.391 e. The minimum absolute atomic E-state index is 0.0246. The normalized spacial score (nSPS) is 16.0. The van der Waals surface area contributed by atoms with E-state index in [0.717, 1.165) is 5.56 Å². The molecule has 0 saturated carbocycles. The maximum Gasteiger partial charge on any atom is 0.0816 e. The quantitative estimate of drug-likeness (QED) is 0.670. The summed E-state index contributed by atoms with van der Waals surface area (Å²) in [5.74, 6) is -0.0246. The van der Waals surface area contributed by atoms with Crippen molar-refractivity contribution in [3.63, 3.8) is 0 Å². The van der Waals surface area contributed by atoms with Crippen LogP contribution < -0.4 is 0 Å². The molecule has 0 saturated heterocycles. The molecule has 0 aliphatic heterocycles. The van der Waals surface area contributed by atoms with Crippen LogP contribution in [0, 0.1) is 5.92 Å². The molecule has 0 aliphatic carbocycles. The summed E-state index contributed by atoms with van der Waals surface area (Å²) in [6, 6.07) is 9.50. The van der Waals surface area contributed by atoms with E-state index in [4.69, 9.17) is 9.47 Å². The molecule has 0 fully saturated rings. The molecule has 0 heterocycles. The highest BCUT2D eigenvalue weighted by Crippen LogP contribution is 2.25. The van der Waals surface area contributed by atoms with Gasteiger partial charge in [0.15, 0.2) is 0 Å². The predicted molar refractivity (Wildman–Crippen MR) is 73.9 cm³/mol. The van der Waals surface area contributed by atoms with Crippen LogP contribution in [0.5, 0.6) is 0 Å². The molecule has 0 spiro atoms. The van der Waals surface area contributed by atoms with Crippen LogP contribution in [0.2, 0.25) is 0 Å². The molecule has 4 heteroatoms. The summed E-state index contributed by atoms with van der Waals surface area (Å²) in [4.78, 5) is 0. The van der Waals surface area contributed by atoms with Crippen molar-refractivity contribution in [2.45, 2.75) is 25.6 Å². The van der Waals surface area contributed by atoms with E-state index in [-0.39, 0.29) is 12.5 Å². The first kappa shape index (κ1) is 16.1. The molecule has 0 aromatic heterocycles. The lowest BCUT2D eigenvalue weighted by Gasteiger charge is -2.22. The van der Waals surface area contributed by atoms with Crippen LogP contribution in [-0.4, -0.2) is 43.2 Å². The maximum atomic E-state index is 10.2. The highest BCUT2D eigenvalue weighted by molar-refractivity contribution is 5.17. The number of methoxy groups -OCH3 is 1. The molecule has 108 valence electrons. The van der Waals surface area contributed by atoms with Gasteiger partial charge in [-0.25, -0.2) is 0 Å². The van der Waals surface area contributed by atoms with Crippen LogP contribution in [0.4, 0.5) is 0 Å². The average Bonchev–Trinajstić information content (AvgIpc) is 2.43. The first-order valence-corrected chi connectivity index (χ1v) is 6.63. The van der Waals surface area contributed by atoms with Crippen molar-refractivity contribution in [2.24, 2.45) is 5.92 Å². The molecule has 0 radical (unpaired) electrons. The Morgan fingerprint density at radius 3 is 2.42 bits per heavy atom. The van der Waals surface area contributed by atoms with E-state index in [1.807, 2.05) is 37.3 Å². The Morgan fingerprint density at radius 2 is 1.79 bits per heavy atom. The Bertz CT molecular complexity index is 328. The molecule has 3 unspecified atom stereocenters. The van der Waals surface area contributed by atoms with Gasteiger partial charge in [-0.05, 0) is 17.9 Å². The summed E-state index contributed by atoms with van der Waals surface area (Å²) >= 11 is 0. The second-order valence-corrected chi connectivity index (χ2v) is 4.79. The summed E-state index contributed by atoms with van der Waals surface area (Å²) in [6.45, 7) is 3.20. The number of ether oxygens (including phenoxy) is 2. The number of rotatable bonds is 9. The SMILES string of the molecule is COCCOCC(O)CC(C)C(O)c1ccccc1. The molecule has 0 aliphatic rings. The van der Waals surface area contributed by atoms with Gasteiger partial charge in [0.2, 0.25) is 0 Å². The van der Waals surface area contributed by atoms with Gasteiger partial charge in [0.25, 0.3) is 0 Å². The molecule has 2 N–H and O–H groups in total. The van der Waals surface area contributed by atoms with E-state index in [1.165, 1.54) is 0 Å². The van der Waals surface area contributed by atoms with Crippen molar-refractivity contribution in [2.75, 3.05) is 26.9 Å². The summed E-state index contributed by atoms with van der Waals surface area (Å²) in [5, 5.41) is 20.0. The Kier molecular flexibility index (Phi) is 7.67. The monoisotopic (exact) mass is 268 g/mol. The topological polar surface area (TPSA) is 58.9 Å². The van der Waals surface area contributed by atoms with E-state index in [2.05, 4.69) is 0 Å². The summed E-state index contributed by atoms with van der Waals surface area (Å²) in [5.41, 5.74) is 0.877. The van der Waals surface area contributed by atoms with E-state index in [0.29, 0.717) is 19.6 Å². The van der Waals surface area contributed by atoms with Gasteiger partial charge in [-0.15, -0.1) is 0 Å². The highest BCUT2D eigenvalue weighted by Gasteiger charge is 2.19. The third-order valence-corrected chi connectivity index (χ3v) is 3.07. The number of aliphatic hydroxyl groups is 2. The van der Waals surface area contributed by atoms with Crippen molar-refractivity contribution in [3.8, 4) is 0 Å². The predicted octanol–water partition coefficient (Wildman–Crippen LogP) is 1.77. The van der Waals surface area contributed by atoms with E-state index >= 15 is 0 Å². The molecular formula is C15H24O4. The van der Waals surface area contributed by atoms with Crippen LogP contribution in [0.1, 0.15) is 25.0 Å². The Morgan fingerprint density at radius 1 is 1.11 bits per heavy atom. The standard InChI is InChI=1S/C15H24O4/c1-12(10-14(16)11-19-9-8-18-2)15(17)13-6-4-3-5-7-13/h3-7,12,14-17H,8-11H2,1-2H3. The van der Waals surface area contributed by atoms with Crippen molar-refractivity contribution >= 4 is 0 Å². The van der Waals surface area contributed by atoms with Gasteiger partial charge in [0.1, 0.15) is 0 Å². The van der Waals surface area contributed by atoms with Crippen molar-refractivity contribution in [3.05, 3.63) is 35.9 Å². The third-order valence-electron chi connectivity index (χ3n) is 3.07. The summed E-state index contributed by atoms with van der Waals surface area (Å²) < 4.78 is 10.1. The van der Waals surface area contributed by atoms with Gasteiger partial charge in [-0.3, -0.25) is 0 Å². The fourth-order valence-electron chi connectivity index (χ4n) is 1.97. The van der Waals surface area contributed by atoms with Gasteiger partial charge in [0, 0.05) is 7.11 Å². The van der Waals surface area contributed by atoms with Crippen LogP contribution in [0.3, 0.4) is 0 Å². The van der Waals surface area contributed by atoms with Crippen molar-refractivity contribution in [1.82, 2.24) is 0 Å². The van der Waals surface area contributed by atoms with Crippen LogP contribution in [0.15, 0.2) is 30.3 Å². The Labute approximate surface area is 115 Å². The van der Waals surface area contributed by atoms with Crippen LogP contribution in [-0.2, 0) is 9.47 Å². The molecule has 3 atom stereocenters. The van der Waals surface area contributed by atoms with Gasteiger partial charge in [-0.2, -0.15) is 0 Å². The van der Waals surface area contributed by atoms with E-state index in [9.17, 15) is 10.2 Å². The number of hydrogen-bond acceptors (Lipinski definition) is 4. The first-order valence-electron chi connectivity index (χ1n) is 6.63.